The van der Waals surface area contributed by atoms with E-state index in [9.17, 15) is 0 Å². The quantitative estimate of drug-likeness (QED) is 0.678. The number of benzene rings is 1. The van der Waals surface area contributed by atoms with E-state index in [1.165, 1.54) is 0 Å². The predicted octanol–water partition coefficient (Wildman–Crippen LogP) is 4.13. The Morgan fingerprint density at radius 1 is 1.36 bits per heavy atom. The van der Waals surface area contributed by atoms with E-state index >= 15 is 0 Å². The molecule has 1 aromatic heterocycles. The third-order valence-electron chi connectivity index (χ3n) is 2.13. The highest BCUT2D eigenvalue weighted by Crippen LogP contribution is 2.28. The molecule has 1 nitrogen and oxygen atoms in total. The van der Waals surface area contributed by atoms with Crippen molar-refractivity contribution >= 4 is 34.1 Å². The smallest absolute Gasteiger partial charge is 0.0514 e. The lowest BCUT2D eigenvalue weighted by Crippen LogP contribution is -1.91. The fourth-order valence-electron chi connectivity index (χ4n) is 1.52. The number of hydrogen-bond donors (Lipinski definition) is 0. The van der Waals surface area contributed by atoms with Crippen LogP contribution in [-0.2, 0) is 6.54 Å². The van der Waals surface area contributed by atoms with E-state index in [4.69, 9.17) is 23.2 Å². The summed E-state index contributed by atoms with van der Waals surface area (Å²) in [5, 5.41) is 2.37. The van der Waals surface area contributed by atoms with Crippen molar-refractivity contribution in [2.24, 2.45) is 0 Å². The van der Waals surface area contributed by atoms with E-state index in [1.54, 1.807) is 6.07 Å². The van der Waals surface area contributed by atoms with Crippen molar-refractivity contribution in [3.63, 3.8) is 0 Å². The molecular formula is C11H9Cl2N. The van der Waals surface area contributed by atoms with Crippen LogP contribution in [0.2, 0.25) is 10.0 Å². The second-order valence-corrected chi connectivity index (χ2v) is 3.92. The Kier molecular flexibility index (Phi) is 2.53. The van der Waals surface area contributed by atoms with Gasteiger partial charge in [-0.15, -0.1) is 6.58 Å². The summed E-state index contributed by atoms with van der Waals surface area (Å²) in [7, 11) is 0. The fraction of sp³-hybridized carbons (Fsp3) is 0.0909. The van der Waals surface area contributed by atoms with Gasteiger partial charge < -0.3 is 4.57 Å². The highest BCUT2D eigenvalue weighted by molar-refractivity contribution is 6.38. The van der Waals surface area contributed by atoms with Gasteiger partial charge in [-0.1, -0.05) is 29.3 Å². The number of hydrogen-bond acceptors (Lipinski definition) is 0. The lowest BCUT2D eigenvalue weighted by molar-refractivity contribution is 0.865. The summed E-state index contributed by atoms with van der Waals surface area (Å²) in [6.45, 7) is 4.46. The minimum absolute atomic E-state index is 0.659. The van der Waals surface area contributed by atoms with Crippen LogP contribution in [0.4, 0.5) is 0 Å². The normalized spacial score (nSPS) is 10.7. The molecule has 14 heavy (non-hydrogen) atoms. The van der Waals surface area contributed by atoms with E-state index in [1.807, 2.05) is 24.4 Å². The van der Waals surface area contributed by atoms with Gasteiger partial charge in [0.25, 0.3) is 0 Å². The van der Waals surface area contributed by atoms with Crippen LogP contribution in [0.25, 0.3) is 10.9 Å². The molecule has 0 spiro atoms. The third-order valence-corrected chi connectivity index (χ3v) is 2.66. The van der Waals surface area contributed by atoms with Crippen molar-refractivity contribution in [3.05, 3.63) is 47.1 Å². The number of aromatic nitrogens is 1. The van der Waals surface area contributed by atoms with Gasteiger partial charge >= 0.3 is 0 Å². The summed E-state index contributed by atoms with van der Waals surface area (Å²) >= 11 is 12.0. The second-order valence-electron chi connectivity index (χ2n) is 3.08. The highest BCUT2D eigenvalue weighted by Gasteiger charge is 2.04. The summed E-state index contributed by atoms with van der Waals surface area (Å²) in [5.74, 6) is 0. The van der Waals surface area contributed by atoms with Crippen LogP contribution < -0.4 is 0 Å². The molecule has 0 saturated heterocycles. The average molecular weight is 226 g/mol. The molecule has 0 fully saturated rings. The lowest BCUT2D eigenvalue weighted by atomic mass is 10.2. The molecule has 1 aromatic carbocycles. The Bertz CT molecular complexity index is 485. The third kappa shape index (κ3) is 1.54. The largest absolute Gasteiger partial charge is 0.344 e. The maximum Gasteiger partial charge on any atom is 0.0514 e. The zero-order valence-corrected chi connectivity index (χ0v) is 9.02. The van der Waals surface area contributed by atoms with Gasteiger partial charge in [0.05, 0.1) is 10.5 Å². The molecule has 1 heterocycles. The van der Waals surface area contributed by atoms with Gasteiger partial charge in [0.1, 0.15) is 0 Å². The summed E-state index contributed by atoms with van der Waals surface area (Å²) in [5.41, 5.74) is 1.04. The SMILES string of the molecule is C=CCn1ccc2c(Cl)cc(Cl)cc21. The summed E-state index contributed by atoms with van der Waals surface area (Å²) in [6.07, 6.45) is 3.82. The molecule has 72 valence electrons. The Hall–Kier alpha value is -0.920. The molecule has 0 aliphatic heterocycles. The highest BCUT2D eigenvalue weighted by atomic mass is 35.5. The van der Waals surface area contributed by atoms with Crippen LogP contribution >= 0.6 is 23.2 Å². The van der Waals surface area contributed by atoms with Crippen LogP contribution in [0.5, 0.6) is 0 Å². The van der Waals surface area contributed by atoms with Crippen LogP contribution in [0.1, 0.15) is 0 Å². The number of rotatable bonds is 2. The first kappa shape index (κ1) is 9.63. The summed E-state index contributed by atoms with van der Waals surface area (Å²) in [6, 6.07) is 5.65. The van der Waals surface area contributed by atoms with Crippen molar-refractivity contribution in [2.45, 2.75) is 6.54 Å². The number of nitrogens with zero attached hydrogens (tertiary/aromatic N) is 1. The number of halogens is 2. The molecule has 0 aliphatic rings. The Balaban J connectivity index is 2.71. The van der Waals surface area contributed by atoms with Crippen LogP contribution in [-0.4, -0.2) is 4.57 Å². The molecule has 2 rings (SSSR count). The minimum Gasteiger partial charge on any atom is -0.344 e. The Labute approximate surface area is 92.5 Å². The molecule has 2 aromatic rings. The van der Waals surface area contributed by atoms with Gasteiger partial charge in [-0.3, -0.25) is 0 Å². The van der Waals surface area contributed by atoms with Gasteiger partial charge in [-0.05, 0) is 18.2 Å². The van der Waals surface area contributed by atoms with Gasteiger partial charge in [0.15, 0.2) is 0 Å². The predicted molar refractivity (Wildman–Crippen MR) is 62.2 cm³/mol. The zero-order valence-electron chi connectivity index (χ0n) is 7.50. The molecule has 0 unspecified atom stereocenters. The lowest BCUT2D eigenvalue weighted by Gasteiger charge is -2.02. The molecular weight excluding hydrogens is 217 g/mol. The molecule has 0 bridgehead atoms. The van der Waals surface area contributed by atoms with Crippen LogP contribution in [0, 0.1) is 0 Å². The summed E-state index contributed by atoms with van der Waals surface area (Å²) in [4.78, 5) is 0. The first-order valence-electron chi connectivity index (χ1n) is 4.27. The molecule has 0 radical (unpaired) electrons. The Morgan fingerprint density at radius 2 is 2.14 bits per heavy atom. The first-order valence-corrected chi connectivity index (χ1v) is 5.03. The van der Waals surface area contributed by atoms with E-state index in [0.717, 1.165) is 17.4 Å². The van der Waals surface area contributed by atoms with Crippen molar-refractivity contribution < 1.29 is 0 Å². The van der Waals surface area contributed by atoms with E-state index < -0.39 is 0 Å². The molecule has 0 N–H and O–H groups in total. The standard InChI is InChI=1S/C11H9Cl2N/c1-2-4-14-5-3-9-10(13)6-8(12)7-11(9)14/h2-3,5-7H,1,4H2. The zero-order chi connectivity index (χ0) is 10.1. The molecule has 0 amide bonds. The van der Waals surface area contributed by atoms with Crippen molar-refractivity contribution in [1.82, 2.24) is 4.57 Å². The van der Waals surface area contributed by atoms with E-state index in [2.05, 4.69) is 11.1 Å². The molecule has 0 saturated carbocycles. The molecule has 0 aliphatic carbocycles. The molecule has 3 heteroatoms. The monoisotopic (exact) mass is 225 g/mol. The maximum absolute atomic E-state index is 6.05. The van der Waals surface area contributed by atoms with Crippen molar-refractivity contribution in [2.75, 3.05) is 0 Å². The van der Waals surface area contributed by atoms with Gasteiger partial charge in [-0.2, -0.15) is 0 Å². The van der Waals surface area contributed by atoms with Crippen LogP contribution in [0.3, 0.4) is 0 Å². The fourth-order valence-corrected chi connectivity index (χ4v) is 2.06. The average Bonchev–Trinajstić information content (AvgIpc) is 2.49. The van der Waals surface area contributed by atoms with Gasteiger partial charge in [-0.25, -0.2) is 0 Å². The second kappa shape index (κ2) is 3.68. The first-order chi connectivity index (χ1) is 6.72. The van der Waals surface area contributed by atoms with Crippen LogP contribution in [0.15, 0.2) is 37.1 Å². The summed E-state index contributed by atoms with van der Waals surface area (Å²) < 4.78 is 2.06. The number of fused-ring (bicyclic) bond motifs is 1. The molecule has 0 atom stereocenters. The van der Waals surface area contributed by atoms with Crippen molar-refractivity contribution in [1.29, 1.82) is 0 Å². The maximum atomic E-state index is 6.05. The van der Waals surface area contributed by atoms with E-state index in [0.29, 0.717) is 10.0 Å². The topological polar surface area (TPSA) is 4.93 Å². The van der Waals surface area contributed by atoms with Crippen molar-refractivity contribution in [3.8, 4) is 0 Å². The minimum atomic E-state index is 0.659. The Morgan fingerprint density at radius 3 is 2.86 bits per heavy atom. The number of allylic oxidation sites excluding steroid dienone is 1. The van der Waals surface area contributed by atoms with Gasteiger partial charge in [0, 0.05) is 23.2 Å². The van der Waals surface area contributed by atoms with E-state index in [-0.39, 0.29) is 0 Å². The van der Waals surface area contributed by atoms with Gasteiger partial charge in [0.2, 0.25) is 0 Å².